The molecular weight excluding hydrogens is 352 g/mol. The second-order valence-corrected chi connectivity index (χ2v) is 7.45. The zero-order valence-electron chi connectivity index (χ0n) is 16.7. The molecule has 0 aromatic heterocycles. The molecule has 2 aromatic rings. The number of benzene rings is 2. The highest BCUT2D eigenvalue weighted by Gasteiger charge is 2.23. The van der Waals surface area contributed by atoms with Gasteiger partial charge in [-0.2, -0.15) is 0 Å². The summed E-state index contributed by atoms with van der Waals surface area (Å²) in [6.45, 7) is 0. The van der Waals surface area contributed by atoms with Crippen LogP contribution in [0.3, 0.4) is 0 Å². The van der Waals surface area contributed by atoms with Crippen molar-refractivity contribution in [2.75, 3.05) is 38.0 Å². The van der Waals surface area contributed by atoms with Gasteiger partial charge >= 0.3 is 0 Å². The van der Waals surface area contributed by atoms with Crippen molar-refractivity contribution in [3.63, 3.8) is 0 Å². The topological polar surface area (TPSA) is 64.0 Å². The zero-order chi connectivity index (χ0) is 20.4. The average Bonchev–Trinajstić information content (AvgIpc) is 2.94. The van der Waals surface area contributed by atoms with Crippen LogP contribution in [-0.4, -0.2) is 44.2 Å². The molecule has 2 aromatic carbocycles. The van der Waals surface area contributed by atoms with Gasteiger partial charge in [-0.25, -0.2) is 0 Å². The molecule has 1 aliphatic carbocycles. The van der Waals surface area contributed by atoms with Crippen LogP contribution in [0.1, 0.15) is 24.0 Å². The summed E-state index contributed by atoms with van der Waals surface area (Å²) in [5.74, 6) is 0.404. The normalized spacial score (nSPS) is 16.8. The van der Waals surface area contributed by atoms with Gasteiger partial charge in [0.05, 0.1) is 11.4 Å². The molecule has 0 atom stereocenters. The Morgan fingerprint density at radius 2 is 1.14 bits per heavy atom. The lowest BCUT2D eigenvalue weighted by atomic mass is 10.1. The maximum atomic E-state index is 12.8. The summed E-state index contributed by atoms with van der Waals surface area (Å²) in [5, 5.41) is 20.3. The first-order valence-electron chi connectivity index (χ1n) is 9.23. The van der Waals surface area contributed by atoms with Crippen LogP contribution >= 0.6 is 0 Å². The minimum Gasteiger partial charge on any atom is -0.506 e. The number of aromatic hydroxyl groups is 2. The molecule has 0 saturated heterocycles. The summed E-state index contributed by atoms with van der Waals surface area (Å²) in [6.07, 6.45) is 5.02. The number of nitrogens with zero attached hydrogens (tertiary/aromatic N) is 2. The predicted molar refractivity (Wildman–Crippen MR) is 115 cm³/mol. The molecule has 5 nitrogen and oxygen atoms in total. The van der Waals surface area contributed by atoms with Crippen LogP contribution in [0.4, 0.5) is 11.4 Å². The minimum absolute atomic E-state index is 0.0207. The van der Waals surface area contributed by atoms with E-state index in [2.05, 4.69) is 0 Å². The van der Waals surface area contributed by atoms with E-state index < -0.39 is 0 Å². The van der Waals surface area contributed by atoms with Gasteiger partial charge in [0.2, 0.25) is 0 Å². The first kappa shape index (κ1) is 19.5. The monoisotopic (exact) mass is 378 g/mol. The number of carbonyl (C=O) groups excluding carboxylic acids is 1. The Balaban J connectivity index is 1.83. The predicted octanol–water partition coefficient (Wildman–Crippen LogP) is 4.06. The lowest BCUT2D eigenvalue weighted by Crippen LogP contribution is -2.08. The van der Waals surface area contributed by atoms with E-state index in [1.807, 2.05) is 74.4 Å². The highest BCUT2D eigenvalue weighted by Crippen LogP contribution is 2.33. The average molecular weight is 378 g/mol. The van der Waals surface area contributed by atoms with Crippen molar-refractivity contribution in [2.45, 2.75) is 12.8 Å². The Morgan fingerprint density at radius 1 is 0.750 bits per heavy atom. The molecular formula is C23H26N2O3. The standard InChI is InChI=1S/C23H26N2O3/c1-24(2)19-9-5-15(13-21(19)26)11-17-7-8-18(23(17)28)12-16-6-10-20(25(3)4)22(27)14-16/h5-6,9-14,26-27H,7-8H2,1-4H3. The summed E-state index contributed by atoms with van der Waals surface area (Å²) in [6, 6.07) is 10.8. The SMILES string of the molecule is CN(C)c1ccc(C=C2CCC(=Cc3ccc(N(C)C)c(O)c3)C2=O)cc1O. The van der Waals surface area contributed by atoms with Gasteiger partial charge in [-0.15, -0.1) is 0 Å². The molecule has 28 heavy (non-hydrogen) atoms. The third-order valence-electron chi connectivity index (χ3n) is 4.89. The van der Waals surface area contributed by atoms with Crippen molar-refractivity contribution < 1.29 is 15.0 Å². The lowest BCUT2D eigenvalue weighted by Gasteiger charge is -2.14. The first-order chi connectivity index (χ1) is 13.3. The van der Waals surface area contributed by atoms with Crippen molar-refractivity contribution >= 4 is 29.3 Å². The van der Waals surface area contributed by atoms with Crippen molar-refractivity contribution in [1.29, 1.82) is 0 Å². The quantitative estimate of drug-likeness (QED) is 0.786. The Hall–Kier alpha value is -3.21. The van der Waals surface area contributed by atoms with Crippen LogP contribution in [0, 0.1) is 0 Å². The number of carbonyl (C=O) groups is 1. The van der Waals surface area contributed by atoms with Crippen LogP contribution < -0.4 is 9.80 Å². The molecule has 0 amide bonds. The number of phenols is 2. The molecule has 0 bridgehead atoms. The molecule has 0 radical (unpaired) electrons. The summed E-state index contributed by atoms with van der Waals surface area (Å²) >= 11 is 0. The van der Waals surface area contributed by atoms with E-state index in [9.17, 15) is 15.0 Å². The van der Waals surface area contributed by atoms with Crippen molar-refractivity contribution in [3.05, 3.63) is 58.7 Å². The number of phenolic OH excluding ortho intramolecular Hbond substituents is 2. The number of Topliss-reactive ketones (excluding diaryl/α,β-unsaturated/α-hetero) is 1. The Bertz CT molecular complexity index is 894. The fourth-order valence-electron chi connectivity index (χ4n) is 3.40. The number of rotatable bonds is 4. The molecule has 3 rings (SSSR count). The fourth-order valence-corrected chi connectivity index (χ4v) is 3.40. The van der Waals surface area contributed by atoms with Crippen LogP contribution in [-0.2, 0) is 4.79 Å². The van der Waals surface area contributed by atoms with E-state index in [1.165, 1.54) is 0 Å². The van der Waals surface area contributed by atoms with Crippen molar-refractivity contribution in [3.8, 4) is 11.5 Å². The van der Waals surface area contributed by atoms with Crippen molar-refractivity contribution in [2.24, 2.45) is 0 Å². The van der Waals surface area contributed by atoms with Gasteiger partial charge in [0, 0.05) is 39.3 Å². The van der Waals surface area contributed by atoms with Gasteiger partial charge < -0.3 is 20.0 Å². The molecule has 0 aliphatic heterocycles. The molecule has 2 N–H and O–H groups in total. The Kier molecular flexibility index (Phi) is 5.45. The van der Waals surface area contributed by atoms with Gasteiger partial charge in [-0.3, -0.25) is 4.79 Å². The molecule has 5 heteroatoms. The molecule has 146 valence electrons. The second-order valence-electron chi connectivity index (χ2n) is 7.45. The summed E-state index contributed by atoms with van der Waals surface area (Å²) in [5.41, 5.74) is 4.55. The lowest BCUT2D eigenvalue weighted by molar-refractivity contribution is -0.111. The highest BCUT2D eigenvalue weighted by molar-refractivity contribution is 6.15. The van der Waals surface area contributed by atoms with E-state index in [4.69, 9.17) is 0 Å². The minimum atomic E-state index is 0.0207. The molecule has 0 heterocycles. The summed E-state index contributed by atoms with van der Waals surface area (Å²) in [7, 11) is 7.47. The van der Waals surface area contributed by atoms with Gasteiger partial charge in [0.25, 0.3) is 0 Å². The van der Waals surface area contributed by atoms with E-state index >= 15 is 0 Å². The van der Waals surface area contributed by atoms with Gasteiger partial charge in [-0.1, -0.05) is 12.1 Å². The summed E-state index contributed by atoms with van der Waals surface area (Å²) in [4.78, 5) is 16.4. The van der Waals surface area contributed by atoms with Crippen LogP contribution in [0.2, 0.25) is 0 Å². The number of hydrogen-bond donors (Lipinski definition) is 2. The Labute approximate surface area is 165 Å². The molecule has 1 aliphatic rings. The number of ketones is 1. The number of hydrogen-bond acceptors (Lipinski definition) is 5. The Morgan fingerprint density at radius 3 is 1.46 bits per heavy atom. The van der Waals surface area contributed by atoms with Gasteiger partial charge in [0.15, 0.2) is 5.78 Å². The first-order valence-corrected chi connectivity index (χ1v) is 9.23. The van der Waals surface area contributed by atoms with Crippen LogP contribution in [0.25, 0.3) is 12.2 Å². The molecule has 0 spiro atoms. The van der Waals surface area contributed by atoms with Crippen molar-refractivity contribution in [1.82, 2.24) is 0 Å². The molecule has 0 unspecified atom stereocenters. The van der Waals surface area contributed by atoms with Gasteiger partial charge in [0.1, 0.15) is 11.5 Å². The zero-order valence-corrected chi connectivity index (χ0v) is 16.7. The van der Waals surface area contributed by atoms with E-state index in [0.29, 0.717) is 12.8 Å². The summed E-state index contributed by atoms with van der Waals surface area (Å²) < 4.78 is 0. The van der Waals surface area contributed by atoms with Gasteiger partial charge in [-0.05, 0) is 60.4 Å². The maximum absolute atomic E-state index is 12.8. The van der Waals surface area contributed by atoms with Crippen LogP contribution in [0.5, 0.6) is 11.5 Å². The number of allylic oxidation sites excluding steroid dienone is 2. The van der Waals surface area contributed by atoms with E-state index in [1.54, 1.807) is 12.1 Å². The number of anilines is 2. The second kappa shape index (κ2) is 7.80. The molecule has 1 saturated carbocycles. The highest BCUT2D eigenvalue weighted by atomic mass is 16.3. The van der Waals surface area contributed by atoms with E-state index in [0.717, 1.165) is 33.6 Å². The third kappa shape index (κ3) is 4.03. The third-order valence-corrected chi connectivity index (χ3v) is 4.89. The fraction of sp³-hybridized carbons (Fsp3) is 0.261. The van der Waals surface area contributed by atoms with E-state index in [-0.39, 0.29) is 17.3 Å². The van der Waals surface area contributed by atoms with Crippen LogP contribution in [0.15, 0.2) is 47.5 Å². The smallest absolute Gasteiger partial charge is 0.185 e. The largest absolute Gasteiger partial charge is 0.506 e. The maximum Gasteiger partial charge on any atom is 0.185 e. The molecule has 1 fully saturated rings.